The van der Waals surface area contributed by atoms with Crippen LogP contribution in [0.15, 0.2) is 6.20 Å². The average Bonchev–Trinajstić information content (AvgIpc) is 2.96. The summed E-state index contributed by atoms with van der Waals surface area (Å²) < 4.78 is 43.9. The van der Waals surface area contributed by atoms with E-state index in [-0.39, 0.29) is 17.2 Å². The van der Waals surface area contributed by atoms with E-state index in [4.69, 9.17) is 4.74 Å². The van der Waals surface area contributed by atoms with Gasteiger partial charge in [-0.15, -0.1) is 0 Å². The molecular weight excluding hydrogens is 373 g/mol. The van der Waals surface area contributed by atoms with Gasteiger partial charge in [-0.05, 0) is 52.4 Å². The Hall–Kier alpha value is -2.06. The summed E-state index contributed by atoms with van der Waals surface area (Å²) in [6, 6.07) is 0. The smallest absolute Gasteiger partial charge is 0.434 e. The highest BCUT2D eigenvalue weighted by Gasteiger charge is 2.43. The fourth-order valence-corrected chi connectivity index (χ4v) is 3.94. The standard InChI is InChI=1S/C19H27F3N4O2/c1-13-15(23-11-14(24-13)19(20,21)22)26-10-7-18(12-26)5-8-25(9-6-18)16(27)28-17(2,3)4/h11H,5-10,12H2,1-4H3. The number of hydrogen-bond acceptors (Lipinski definition) is 5. The average molecular weight is 400 g/mol. The van der Waals surface area contributed by atoms with Crippen LogP contribution in [0.2, 0.25) is 0 Å². The summed E-state index contributed by atoms with van der Waals surface area (Å²) in [6.45, 7) is 9.80. The fraction of sp³-hybridized carbons (Fsp3) is 0.737. The first kappa shape index (κ1) is 20.7. The number of aromatic nitrogens is 2. The number of piperidine rings is 1. The van der Waals surface area contributed by atoms with Gasteiger partial charge in [-0.25, -0.2) is 14.8 Å². The Morgan fingerprint density at radius 2 is 1.75 bits per heavy atom. The van der Waals surface area contributed by atoms with Gasteiger partial charge in [-0.2, -0.15) is 13.2 Å². The summed E-state index contributed by atoms with van der Waals surface area (Å²) in [7, 11) is 0. The van der Waals surface area contributed by atoms with Crippen molar-refractivity contribution in [1.29, 1.82) is 0 Å². The normalized spacial score (nSPS) is 20.0. The predicted octanol–water partition coefficient (Wildman–Crippen LogP) is 4.03. The summed E-state index contributed by atoms with van der Waals surface area (Å²) in [6.07, 6.45) is -1.36. The Labute approximate surface area is 163 Å². The van der Waals surface area contributed by atoms with Gasteiger partial charge in [0.2, 0.25) is 0 Å². The second-order valence-electron chi connectivity index (χ2n) is 8.80. The number of anilines is 1. The van der Waals surface area contributed by atoms with Gasteiger partial charge in [0.05, 0.1) is 11.9 Å². The summed E-state index contributed by atoms with van der Waals surface area (Å²) in [5.41, 5.74) is -1.14. The molecule has 28 heavy (non-hydrogen) atoms. The van der Waals surface area contributed by atoms with E-state index in [1.807, 2.05) is 25.7 Å². The number of ether oxygens (including phenoxy) is 1. The molecule has 1 aromatic rings. The van der Waals surface area contributed by atoms with Gasteiger partial charge in [-0.1, -0.05) is 0 Å². The van der Waals surface area contributed by atoms with Crippen molar-refractivity contribution in [2.24, 2.45) is 5.41 Å². The van der Waals surface area contributed by atoms with Crippen molar-refractivity contribution < 1.29 is 22.7 Å². The number of alkyl halides is 3. The lowest BCUT2D eigenvalue weighted by Gasteiger charge is -2.39. The largest absolute Gasteiger partial charge is 0.444 e. The van der Waals surface area contributed by atoms with E-state index in [9.17, 15) is 18.0 Å². The third kappa shape index (κ3) is 4.50. The highest BCUT2D eigenvalue weighted by atomic mass is 19.4. The lowest BCUT2D eigenvalue weighted by molar-refractivity contribution is -0.141. The zero-order valence-electron chi connectivity index (χ0n) is 16.8. The maximum atomic E-state index is 12.8. The molecule has 1 spiro atoms. The van der Waals surface area contributed by atoms with E-state index < -0.39 is 17.5 Å². The molecule has 6 nitrogen and oxygen atoms in total. The second kappa shape index (κ2) is 7.08. The Kier molecular flexibility index (Phi) is 5.22. The van der Waals surface area contributed by atoms with Crippen molar-refractivity contribution >= 4 is 11.9 Å². The van der Waals surface area contributed by atoms with Crippen molar-refractivity contribution in [3.8, 4) is 0 Å². The summed E-state index contributed by atoms with van der Waals surface area (Å²) in [4.78, 5) is 23.7. The second-order valence-corrected chi connectivity index (χ2v) is 8.80. The minimum absolute atomic E-state index is 0.0509. The molecule has 2 aliphatic heterocycles. The van der Waals surface area contributed by atoms with E-state index in [0.29, 0.717) is 18.9 Å². The third-order valence-electron chi connectivity index (χ3n) is 5.42. The van der Waals surface area contributed by atoms with Crippen LogP contribution in [0.3, 0.4) is 0 Å². The molecule has 2 aliphatic rings. The Bertz CT molecular complexity index is 738. The van der Waals surface area contributed by atoms with Crippen LogP contribution in [0.5, 0.6) is 0 Å². The first-order valence-corrected chi connectivity index (χ1v) is 9.52. The fourth-order valence-electron chi connectivity index (χ4n) is 3.94. The lowest BCUT2D eigenvalue weighted by atomic mass is 9.78. The number of carbonyl (C=O) groups excluding carboxylic acids is 1. The number of nitrogens with zero attached hydrogens (tertiary/aromatic N) is 4. The summed E-state index contributed by atoms with van der Waals surface area (Å²) in [5.74, 6) is 0.513. The summed E-state index contributed by atoms with van der Waals surface area (Å²) in [5, 5.41) is 0. The van der Waals surface area contributed by atoms with Gasteiger partial charge in [0.25, 0.3) is 0 Å². The molecule has 0 aliphatic carbocycles. The highest BCUT2D eigenvalue weighted by Crippen LogP contribution is 2.42. The predicted molar refractivity (Wildman–Crippen MR) is 98.1 cm³/mol. The van der Waals surface area contributed by atoms with Crippen LogP contribution >= 0.6 is 0 Å². The van der Waals surface area contributed by atoms with Crippen LogP contribution in [0.25, 0.3) is 0 Å². The molecule has 3 heterocycles. The number of halogens is 3. The first-order valence-electron chi connectivity index (χ1n) is 9.52. The lowest BCUT2D eigenvalue weighted by Crippen LogP contribution is -2.46. The first-order chi connectivity index (χ1) is 12.9. The van der Waals surface area contributed by atoms with Gasteiger partial charge >= 0.3 is 12.3 Å². The van der Waals surface area contributed by atoms with E-state index in [1.54, 1.807) is 11.8 Å². The van der Waals surface area contributed by atoms with Crippen molar-refractivity contribution in [3.05, 3.63) is 17.6 Å². The zero-order chi connectivity index (χ0) is 20.7. The Balaban J connectivity index is 1.63. The van der Waals surface area contributed by atoms with Gasteiger partial charge in [0.15, 0.2) is 5.69 Å². The van der Waals surface area contributed by atoms with Crippen LogP contribution in [-0.2, 0) is 10.9 Å². The van der Waals surface area contributed by atoms with Crippen molar-refractivity contribution in [2.45, 2.75) is 58.7 Å². The van der Waals surface area contributed by atoms with Crippen molar-refractivity contribution in [2.75, 3.05) is 31.1 Å². The number of likely N-dealkylation sites (tertiary alicyclic amines) is 1. The maximum Gasteiger partial charge on any atom is 0.434 e. The van der Waals surface area contributed by atoms with Gasteiger partial charge in [-0.3, -0.25) is 0 Å². The van der Waals surface area contributed by atoms with Crippen molar-refractivity contribution in [3.63, 3.8) is 0 Å². The Morgan fingerprint density at radius 1 is 1.14 bits per heavy atom. The zero-order valence-corrected chi connectivity index (χ0v) is 16.8. The Morgan fingerprint density at radius 3 is 2.29 bits per heavy atom. The molecule has 1 amide bonds. The number of aryl methyl sites for hydroxylation is 1. The molecule has 3 rings (SSSR count). The van der Waals surface area contributed by atoms with Gasteiger partial charge in [0.1, 0.15) is 11.4 Å². The van der Waals surface area contributed by atoms with Crippen molar-refractivity contribution in [1.82, 2.24) is 14.9 Å². The molecule has 0 atom stereocenters. The van der Waals surface area contributed by atoms with Gasteiger partial charge in [0, 0.05) is 26.2 Å². The van der Waals surface area contributed by atoms with E-state index in [1.165, 1.54) is 0 Å². The summed E-state index contributed by atoms with van der Waals surface area (Å²) >= 11 is 0. The van der Waals surface area contributed by atoms with E-state index in [0.717, 1.165) is 38.5 Å². The molecule has 2 fully saturated rings. The molecule has 0 radical (unpaired) electrons. The molecule has 1 aromatic heterocycles. The SMILES string of the molecule is Cc1nc(C(F)(F)F)cnc1N1CCC2(CCN(C(=O)OC(C)(C)C)CC2)C1. The number of hydrogen-bond donors (Lipinski definition) is 0. The molecule has 9 heteroatoms. The van der Waals surface area contributed by atoms with Crippen LogP contribution in [0, 0.1) is 12.3 Å². The molecular formula is C19H27F3N4O2. The monoisotopic (exact) mass is 400 g/mol. The molecule has 156 valence electrons. The topological polar surface area (TPSA) is 58.6 Å². The van der Waals surface area contributed by atoms with E-state index in [2.05, 4.69) is 9.97 Å². The molecule has 2 saturated heterocycles. The van der Waals surface area contributed by atoms with Crippen LogP contribution in [-0.4, -0.2) is 52.7 Å². The van der Waals surface area contributed by atoms with E-state index >= 15 is 0 Å². The third-order valence-corrected chi connectivity index (χ3v) is 5.42. The minimum atomic E-state index is -4.49. The number of amides is 1. The molecule has 0 N–H and O–H groups in total. The molecule has 0 unspecified atom stereocenters. The highest BCUT2D eigenvalue weighted by molar-refractivity contribution is 5.68. The molecule has 0 aromatic carbocycles. The quantitative estimate of drug-likeness (QED) is 0.712. The number of rotatable bonds is 1. The maximum absolute atomic E-state index is 12.8. The minimum Gasteiger partial charge on any atom is -0.444 e. The molecule has 0 saturated carbocycles. The van der Waals surface area contributed by atoms with Gasteiger partial charge < -0.3 is 14.5 Å². The van der Waals surface area contributed by atoms with Crippen LogP contribution in [0.4, 0.5) is 23.8 Å². The number of carbonyl (C=O) groups is 1. The van der Waals surface area contributed by atoms with Crippen LogP contribution in [0.1, 0.15) is 51.4 Å². The molecule has 0 bridgehead atoms. The van der Waals surface area contributed by atoms with Crippen LogP contribution < -0.4 is 4.90 Å².